The van der Waals surface area contributed by atoms with E-state index in [1.165, 1.54) is 18.4 Å². The molecule has 1 fully saturated rings. The topological polar surface area (TPSA) is 50.4 Å². The first-order valence-electron chi connectivity index (χ1n) is 6.84. The Morgan fingerprint density at radius 3 is 2.84 bits per heavy atom. The molecule has 0 bridgehead atoms. The Balaban J connectivity index is 2.10. The Morgan fingerprint density at radius 1 is 1.47 bits per heavy atom. The van der Waals surface area contributed by atoms with Crippen LogP contribution in [0.5, 0.6) is 0 Å². The van der Waals surface area contributed by atoms with Crippen molar-refractivity contribution in [1.29, 1.82) is 0 Å². The largest absolute Gasteiger partial charge is 0.383 e. The molecule has 0 spiro atoms. The summed E-state index contributed by atoms with van der Waals surface area (Å²) in [5, 5.41) is 3.24. The van der Waals surface area contributed by atoms with Crippen LogP contribution in [-0.4, -0.2) is 26.0 Å². The third-order valence-electron chi connectivity index (χ3n) is 3.75. The lowest BCUT2D eigenvalue weighted by Crippen LogP contribution is -2.24. The van der Waals surface area contributed by atoms with E-state index in [4.69, 9.17) is 5.73 Å². The van der Waals surface area contributed by atoms with Crippen LogP contribution in [-0.2, 0) is 6.42 Å². The average Bonchev–Trinajstić information content (AvgIpc) is 3.18. The number of rotatable bonds is 7. The third kappa shape index (κ3) is 3.44. The fraction of sp³-hybridized carbons (Fsp3) is 0.438. The number of nitrogens with two attached hydrogens (primary N) is 1. The fourth-order valence-corrected chi connectivity index (χ4v) is 2.38. The van der Waals surface area contributed by atoms with Crippen molar-refractivity contribution in [1.82, 2.24) is 5.32 Å². The molecule has 0 aromatic heterocycles. The van der Waals surface area contributed by atoms with Crippen molar-refractivity contribution in [3.8, 4) is 0 Å². The van der Waals surface area contributed by atoms with E-state index in [9.17, 15) is 0 Å². The lowest BCUT2D eigenvalue weighted by atomic mass is 10.0. The van der Waals surface area contributed by atoms with Crippen LogP contribution in [0, 0.1) is 5.41 Å². The average molecular weight is 257 g/mol. The van der Waals surface area contributed by atoms with Gasteiger partial charge in [0, 0.05) is 24.1 Å². The van der Waals surface area contributed by atoms with Gasteiger partial charge >= 0.3 is 0 Å². The van der Waals surface area contributed by atoms with Gasteiger partial charge < -0.3 is 11.1 Å². The Kier molecular flexibility index (Phi) is 4.38. The first-order valence-corrected chi connectivity index (χ1v) is 6.84. The van der Waals surface area contributed by atoms with Crippen molar-refractivity contribution in [3.63, 3.8) is 0 Å². The van der Waals surface area contributed by atoms with Gasteiger partial charge in [0.05, 0.1) is 0 Å². The molecular formula is C16H23N3. The number of allylic oxidation sites excluding steroid dienone is 1. The number of benzene rings is 1. The van der Waals surface area contributed by atoms with Crippen molar-refractivity contribution in [2.24, 2.45) is 16.1 Å². The summed E-state index contributed by atoms with van der Waals surface area (Å²) in [5.74, 6) is 0.653. The number of nitrogens with zero attached hydrogens (tertiary/aromatic N) is 1. The lowest BCUT2D eigenvalue weighted by molar-refractivity contribution is 0.494. The van der Waals surface area contributed by atoms with Crippen molar-refractivity contribution in [3.05, 3.63) is 48.0 Å². The first-order chi connectivity index (χ1) is 9.21. The number of hydrogen-bond acceptors (Lipinski definition) is 2. The van der Waals surface area contributed by atoms with E-state index in [0.29, 0.717) is 11.3 Å². The molecule has 1 aliphatic carbocycles. The van der Waals surface area contributed by atoms with E-state index < -0.39 is 0 Å². The third-order valence-corrected chi connectivity index (χ3v) is 3.75. The summed E-state index contributed by atoms with van der Waals surface area (Å²) in [4.78, 5) is 4.61. The highest BCUT2D eigenvalue weighted by atomic mass is 14.9. The van der Waals surface area contributed by atoms with Gasteiger partial charge in [-0.15, -0.1) is 6.58 Å². The maximum atomic E-state index is 6.15. The van der Waals surface area contributed by atoms with E-state index in [0.717, 1.165) is 25.1 Å². The summed E-state index contributed by atoms with van der Waals surface area (Å²) in [7, 11) is 1.99. The summed E-state index contributed by atoms with van der Waals surface area (Å²) in [6.45, 7) is 5.63. The van der Waals surface area contributed by atoms with Crippen molar-refractivity contribution in [2.75, 3.05) is 20.1 Å². The minimum absolute atomic E-state index is 0.354. The summed E-state index contributed by atoms with van der Waals surface area (Å²) in [6, 6.07) is 8.15. The molecular weight excluding hydrogens is 234 g/mol. The molecule has 102 valence electrons. The van der Waals surface area contributed by atoms with Gasteiger partial charge in [-0.05, 0) is 31.9 Å². The van der Waals surface area contributed by atoms with Crippen LogP contribution >= 0.6 is 0 Å². The molecule has 0 unspecified atom stereocenters. The van der Waals surface area contributed by atoms with Crippen molar-refractivity contribution < 1.29 is 0 Å². The minimum atomic E-state index is 0.354. The molecule has 0 aliphatic heterocycles. The highest BCUT2D eigenvalue weighted by Crippen LogP contribution is 2.45. The predicted molar refractivity (Wildman–Crippen MR) is 81.5 cm³/mol. The summed E-state index contributed by atoms with van der Waals surface area (Å²) in [6.07, 6.45) is 5.22. The highest BCUT2D eigenvalue weighted by Gasteiger charge is 2.41. The van der Waals surface area contributed by atoms with Crippen LogP contribution in [0.2, 0.25) is 0 Å². The van der Waals surface area contributed by atoms with Gasteiger partial charge in [0.2, 0.25) is 0 Å². The molecule has 0 atom stereocenters. The standard InChI is InChI=1S/C16H23N3/c1-3-6-13-7-4-5-8-14(13)15(17)19-12-16(9-10-16)11-18-2/h3-5,7-8,18H,1,6,9-12H2,2H3,(H2,17,19). The molecule has 0 amide bonds. The summed E-state index contributed by atoms with van der Waals surface area (Å²) < 4.78 is 0. The quantitative estimate of drug-likeness (QED) is 0.446. The molecule has 0 radical (unpaired) electrons. The zero-order chi connectivity index (χ0) is 13.7. The second kappa shape index (κ2) is 6.02. The van der Waals surface area contributed by atoms with E-state index >= 15 is 0 Å². The van der Waals surface area contributed by atoms with E-state index in [2.05, 4.69) is 23.0 Å². The maximum Gasteiger partial charge on any atom is 0.125 e. The molecule has 0 heterocycles. The molecule has 1 saturated carbocycles. The lowest BCUT2D eigenvalue weighted by Gasteiger charge is -2.13. The van der Waals surface area contributed by atoms with Gasteiger partial charge in [0.25, 0.3) is 0 Å². The zero-order valence-corrected chi connectivity index (χ0v) is 11.7. The number of amidine groups is 1. The second-order valence-corrected chi connectivity index (χ2v) is 5.38. The molecule has 3 N–H and O–H groups in total. The number of nitrogens with one attached hydrogen (secondary N) is 1. The van der Waals surface area contributed by atoms with Gasteiger partial charge in [-0.2, -0.15) is 0 Å². The van der Waals surface area contributed by atoms with E-state index in [1.54, 1.807) is 0 Å². The van der Waals surface area contributed by atoms with Gasteiger partial charge in [0.15, 0.2) is 0 Å². The molecule has 1 aliphatic rings. The van der Waals surface area contributed by atoms with Gasteiger partial charge in [-0.3, -0.25) is 4.99 Å². The Labute approximate surface area is 115 Å². The van der Waals surface area contributed by atoms with Gasteiger partial charge in [-0.1, -0.05) is 30.3 Å². The molecule has 3 heteroatoms. The molecule has 19 heavy (non-hydrogen) atoms. The first kappa shape index (κ1) is 13.8. The Hall–Kier alpha value is -1.61. The van der Waals surface area contributed by atoms with Crippen LogP contribution < -0.4 is 11.1 Å². The zero-order valence-electron chi connectivity index (χ0n) is 11.7. The van der Waals surface area contributed by atoms with E-state index in [-0.39, 0.29) is 0 Å². The summed E-state index contributed by atoms with van der Waals surface area (Å²) >= 11 is 0. The molecule has 3 nitrogen and oxygen atoms in total. The van der Waals surface area contributed by atoms with Gasteiger partial charge in [0.1, 0.15) is 5.84 Å². The SMILES string of the molecule is C=CCc1ccccc1C(N)=NCC1(CNC)CC1. The summed E-state index contributed by atoms with van der Waals surface area (Å²) in [5.41, 5.74) is 8.74. The van der Waals surface area contributed by atoms with Crippen LogP contribution in [0.25, 0.3) is 0 Å². The van der Waals surface area contributed by atoms with Crippen LogP contribution in [0.1, 0.15) is 24.0 Å². The van der Waals surface area contributed by atoms with Crippen LogP contribution in [0.15, 0.2) is 41.9 Å². The second-order valence-electron chi connectivity index (χ2n) is 5.38. The molecule has 1 aromatic rings. The molecule has 2 rings (SSSR count). The van der Waals surface area contributed by atoms with Crippen LogP contribution in [0.4, 0.5) is 0 Å². The maximum absolute atomic E-state index is 6.15. The molecule has 0 saturated heterocycles. The predicted octanol–water partition coefficient (Wildman–Crippen LogP) is 2.12. The van der Waals surface area contributed by atoms with Crippen molar-refractivity contribution >= 4 is 5.84 Å². The minimum Gasteiger partial charge on any atom is -0.383 e. The molecule has 1 aromatic carbocycles. The van der Waals surface area contributed by atoms with Gasteiger partial charge in [-0.25, -0.2) is 0 Å². The fourth-order valence-electron chi connectivity index (χ4n) is 2.38. The highest BCUT2D eigenvalue weighted by molar-refractivity contribution is 5.98. The number of aliphatic imine (C=N–C) groups is 1. The van der Waals surface area contributed by atoms with Crippen LogP contribution in [0.3, 0.4) is 0 Å². The Morgan fingerprint density at radius 2 is 2.21 bits per heavy atom. The normalized spacial score (nSPS) is 17.2. The van der Waals surface area contributed by atoms with Crippen molar-refractivity contribution in [2.45, 2.75) is 19.3 Å². The van der Waals surface area contributed by atoms with E-state index in [1.807, 2.05) is 31.3 Å². The Bertz CT molecular complexity index is 473. The number of hydrogen-bond donors (Lipinski definition) is 2. The smallest absolute Gasteiger partial charge is 0.125 e. The monoisotopic (exact) mass is 257 g/mol.